The van der Waals surface area contributed by atoms with Gasteiger partial charge in [0.05, 0.1) is 23.4 Å². The fourth-order valence-corrected chi connectivity index (χ4v) is 2.38. The SMILES string of the molecule is CCOc1c(F)ccc(N2C(=O)c3ccccc3C2=O)c1F. The molecule has 0 radical (unpaired) electrons. The number of anilines is 1. The summed E-state index contributed by atoms with van der Waals surface area (Å²) in [5.74, 6) is -3.85. The number of rotatable bonds is 3. The number of carbonyl (C=O) groups is 2. The summed E-state index contributed by atoms with van der Waals surface area (Å²) in [6.07, 6.45) is 0. The smallest absolute Gasteiger partial charge is 0.266 e. The quantitative estimate of drug-likeness (QED) is 0.818. The highest BCUT2D eigenvalue weighted by Gasteiger charge is 2.38. The second-order valence-corrected chi connectivity index (χ2v) is 4.63. The van der Waals surface area contributed by atoms with Crippen molar-refractivity contribution in [1.29, 1.82) is 0 Å². The van der Waals surface area contributed by atoms with Gasteiger partial charge >= 0.3 is 0 Å². The number of hydrogen-bond donors (Lipinski definition) is 0. The van der Waals surface area contributed by atoms with E-state index in [9.17, 15) is 18.4 Å². The predicted molar refractivity (Wildman–Crippen MR) is 75.1 cm³/mol. The lowest BCUT2D eigenvalue weighted by Gasteiger charge is -2.17. The Morgan fingerprint density at radius 2 is 1.59 bits per heavy atom. The Balaban J connectivity index is 2.12. The third-order valence-electron chi connectivity index (χ3n) is 3.35. The van der Waals surface area contributed by atoms with Gasteiger partial charge in [-0.1, -0.05) is 12.1 Å². The first-order valence-electron chi connectivity index (χ1n) is 6.64. The standard InChI is InChI=1S/C16H11F2NO3/c1-2-22-14-11(17)7-8-12(13(14)18)19-15(20)9-5-3-4-6-10(9)16(19)21/h3-8H,2H2,1H3. The maximum atomic E-state index is 14.4. The molecule has 0 unspecified atom stereocenters. The molecule has 3 rings (SSSR count). The zero-order valence-electron chi connectivity index (χ0n) is 11.6. The third-order valence-corrected chi connectivity index (χ3v) is 3.35. The summed E-state index contributed by atoms with van der Waals surface area (Å²) in [4.78, 5) is 25.3. The molecule has 0 atom stereocenters. The van der Waals surface area contributed by atoms with Crippen LogP contribution in [0, 0.1) is 11.6 Å². The second kappa shape index (κ2) is 5.22. The lowest BCUT2D eigenvalue weighted by molar-refractivity contribution is 0.0924. The molecule has 6 heteroatoms. The molecule has 0 aliphatic carbocycles. The Bertz CT molecular complexity index is 754. The molecule has 0 spiro atoms. The van der Waals surface area contributed by atoms with Gasteiger partial charge in [0.15, 0.2) is 17.4 Å². The van der Waals surface area contributed by atoms with Crippen molar-refractivity contribution in [3.05, 3.63) is 59.2 Å². The minimum absolute atomic E-state index is 0.0550. The normalized spacial score (nSPS) is 13.5. The highest BCUT2D eigenvalue weighted by molar-refractivity contribution is 6.34. The molecule has 4 nitrogen and oxygen atoms in total. The number of imide groups is 1. The van der Waals surface area contributed by atoms with E-state index in [4.69, 9.17) is 4.74 Å². The number of amides is 2. The van der Waals surface area contributed by atoms with Crippen LogP contribution in [0.3, 0.4) is 0 Å². The van der Waals surface area contributed by atoms with Crippen molar-refractivity contribution < 1.29 is 23.1 Å². The van der Waals surface area contributed by atoms with Crippen molar-refractivity contribution in [3.8, 4) is 5.75 Å². The zero-order chi connectivity index (χ0) is 15.9. The van der Waals surface area contributed by atoms with E-state index in [1.807, 2.05) is 0 Å². The lowest BCUT2D eigenvalue weighted by Crippen LogP contribution is -2.30. The van der Waals surface area contributed by atoms with Crippen molar-refractivity contribution >= 4 is 17.5 Å². The van der Waals surface area contributed by atoms with E-state index in [2.05, 4.69) is 0 Å². The average molecular weight is 303 g/mol. The number of fused-ring (bicyclic) bond motifs is 1. The molecule has 22 heavy (non-hydrogen) atoms. The van der Waals surface area contributed by atoms with E-state index < -0.39 is 29.2 Å². The highest BCUT2D eigenvalue weighted by Crippen LogP contribution is 2.35. The summed E-state index contributed by atoms with van der Waals surface area (Å²) in [6.45, 7) is 1.63. The highest BCUT2D eigenvalue weighted by atomic mass is 19.1. The Kier molecular flexibility index (Phi) is 3.36. The summed E-state index contributed by atoms with van der Waals surface area (Å²) in [5, 5.41) is 0. The molecule has 0 saturated carbocycles. The predicted octanol–water partition coefficient (Wildman–Crippen LogP) is 3.16. The number of nitrogens with zero attached hydrogens (tertiary/aromatic N) is 1. The second-order valence-electron chi connectivity index (χ2n) is 4.63. The van der Waals surface area contributed by atoms with Crippen molar-refractivity contribution in [2.24, 2.45) is 0 Å². The number of benzene rings is 2. The maximum Gasteiger partial charge on any atom is 0.266 e. The van der Waals surface area contributed by atoms with Gasteiger partial charge in [0.2, 0.25) is 0 Å². The van der Waals surface area contributed by atoms with E-state index in [0.29, 0.717) is 4.90 Å². The van der Waals surface area contributed by atoms with Gasteiger partial charge in [0.25, 0.3) is 11.8 Å². The molecule has 0 fully saturated rings. The van der Waals surface area contributed by atoms with Crippen LogP contribution in [0.2, 0.25) is 0 Å². The Hall–Kier alpha value is -2.76. The molecular weight excluding hydrogens is 292 g/mol. The molecular formula is C16H11F2NO3. The molecule has 2 amide bonds. The third kappa shape index (κ3) is 1.95. The minimum Gasteiger partial charge on any atom is -0.488 e. The summed E-state index contributed by atoms with van der Waals surface area (Å²) in [5.41, 5.74) is 0.0550. The van der Waals surface area contributed by atoms with Crippen molar-refractivity contribution in [2.45, 2.75) is 6.92 Å². The lowest BCUT2D eigenvalue weighted by atomic mass is 10.1. The van der Waals surface area contributed by atoms with Crippen LogP contribution in [0.1, 0.15) is 27.6 Å². The number of carbonyl (C=O) groups excluding carboxylic acids is 2. The molecule has 1 aliphatic heterocycles. The van der Waals surface area contributed by atoms with Crippen LogP contribution in [0.5, 0.6) is 5.75 Å². The molecule has 0 N–H and O–H groups in total. The van der Waals surface area contributed by atoms with Crippen LogP contribution in [0.15, 0.2) is 36.4 Å². The fourth-order valence-electron chi connectivity index (χ4n) is 2.38. The van der Waals surface area contributed by atoms with E-state index in [0.717, 1.165) is 12.1 Å². The van der Waals surface area contributed by atoms with Gasteiger partial charge in [-0.3, -0.25) is 9.59 Å². The molecule has 2 aromatic rings. The van der Waals surface area contributed by atoms with E-state index in [1.165, 1.54) is 12.1 Å². The van der Waals surface area contributed by atoms with E-state index in [1.54, 1.807) is 19.1 Å². The van der Waals surface area contributed by atoms with Crippen molar-refractivity contribution in [2.75, 3.05) is 11.5 Å². The molecule has 112 valence electrons. The van der Waals surface area contributed by atoms with Crippen LogP contribution >= 0.6 is 0 Å². The van der Waals surface area contributed by atoms with Crippen LogP contribution in [0.25, 0.3) is 0 Å². The maximum absolute atomic E-state index is 14.4. The Morgan fingerprint density at radius 3 is 2.14 bits per heavy atom. The Labute approximate surface area is 124 Å². The van der Waals surface area contributed by atoms with Crippen molar-refractivity contribution in [1.82, 2.24) is 0 Å². The van der Waals surface area contributed by atoms with E-state index >= 15 is 0 Å². The molecule has 0 bridgehead atoms. The van der Waals surface area contributed by atoms with Crippen LogP contribution in [-0.2, 0) is 0 Å². The van der Waals surface area contributed by atoms with Gasteiger partial charge < -0.3 is 4.74 Å². The van der Waals surface area contributed by atoms with E-state index in [-0.39, 0.29) is 23.4 Å². The average Bonchev–Trinajstić information content (AvgIpc) is 2.77. The zero-order valence-corrected chi connectivity index (χ0v) is 11.6. The topological polar surface area (TPSA) is 46.6 Å². The fraction of sp³-hybridized carbons (Fsp3) is 0.125. The van der Waals surface area contributed by atoms with Gasteiger partial charge in [-0.05, 0) is 31.2 Å². The van der Waals surface area contributed by atoms with Crippen LogP contribution < -0.4 is 9.64 Å². The molecule has 2 aromatic carbocycles. The first-order chi connectivity index (χ1) is 10.6. The number of hydrogen-bond acceptors (Lipinski definition) is 3. The van der Waals surface area contributed by atoms with Gasteiger partial charge in [0, 0.05) is 0 Å². The molecule has 0 saturated heterocycles. The van der Waals surface area contributed by atoms with Gasteiger partial charge in [-0.15, -0.1) is 0 Å². The molecule has 0 aromatic heterocycles. The van der Waals surface area contributed by atoms with Crippen molar-refractivity contribution in [3.63, 3.8) is 0 Å². The van der Waals surface area contributed by atoms with Gasteiger partial charge in [-0.25, -0.2) is 13.7 Å². The summed E-state index contributed by atoms with van der Waals surface area (Å²) in [6, 6.07) is 8.21. The minimum atomic E-state index is -1.07. The van der Waals surface area contributed by atoms with Gasteiger partial charge in [-0.2, -0.15) is 0 Å². The van der Waals surface area contributed by atoms with Crippen LogP contribution in [-0.4, -0.2) is 18.4 Å². The molecule has 1 heterocycles. The summed E-state index contributed by atoms with van der Waals surface area (Å²) >= 11 is 0. The Morgan fingerprint density at radius 1 is 1.00 bits per heavy atom. The summed E-state index contributed by atoms with van der Waals surface area (Å²) < 4.78 is 33.0. The van der Waals surface area contributed by atoms with Gasteiger partial charge in [0.1, 0.15) is 0 Å². The monoisotopic (exact) mass is 303 g/mol. The summed E-state index contributed by atoms with van der Waals surface area (Å²) in [7, 11) is 0. The number of ether oxygens (including phenoxy) is 1. The largest absolute Gasteiger partial charge is 0.488 e. The molecule has 1 aliphatic rings. The number of halogens is 2. The first kappa shape index (κ1) is 14.2. The first-order valence-corrected chi connectivity index (χ1v) is 6.64. The van der Waals surface area contributed by atoms with Crippen LogP contribution in [0.4, 0.5) is 14.5 Å².